The second-order valence-corrected chi connectivity index (χ2v) is 9.21. The monoisotopic (exact) mass is 366 g/mol. The van der Waals surface area contributed by atoms with E-state index in [4.69, 9.17) is 0 Å². The smallest absolute Gasteiger partial charge is 0.256 e. The number of thioether (sulfide) groups is 1. The topological polar surface area (TPSA) is 49.4 Å². The molecule has 2 heterocycles. The first-order valence-electron chi connectivity index (χ1n) is 8.81. The van der Waals surface area contributed by atoms with Crippen molar-refractivity contribution < 1.29 is 9.59 Å². The Kier molecular flexibility index (Phi) is 4.07. The minimum Gasteiger partial charge on any atom is -0.350 e. The lowest BCUT2D eigenvalue weighted by atomic mass is 10.0. The molecule has 0 saturated carbocycles. The van der Waals surface area contributed by atoms with Crippen molar-refractivity contribution in [1.82, 2.24) is 10.2 Å². The quantitative estimate of drug-likeness (QED) is 0.902. The maximum atomic E-state index is 13.0. The number of hydrogen-bond acceptors (Lipinski definition) is 3. The molecule has 0 spiro atoms. The van der Waals surface area contributed by atoms with Crippen LogP contribution in [0.25, 0.3) is 0 Å². The first-order valence-corrected chi connectivity index (χ1v) is 9.69. The molecule has 4 rings (SSSR count). The zero-order valence-electron chi connectivity index (χ0n) is 15.2. The van der Waals surface area contributed by atoms with Crippen LogP contribution in [0.15, 0.2) is 48.5 Å². The molecule has 2 aromatic carbocycles. The van der Waals surface area contributed by atoms with Crippen LogP contribution in [0.3, 0.4) is 0 Å². The lowest BCUT2D eigenvalue weighted by molar-refractivity contribution is -0.126. The van der Waals surface area contributed by atoms with Crippen molar-refractivity contribution in [3.05, 3.63) is 70.8 Å². The molecule has 2 aromatic rings. The number of benzene rings is 2. The lowest BCUT2D eigenvalue weighted by Crippen LogP contribution is -2.52. The molecule has 134 valence electrons. The Labute approximate surface area is 158 Å². The predicted octanol–water partition coefficient (Wildman–Crippen LogP) is 3.66. The molecule has 1 fully saturated rings. The molecule has 0 radical (unpaired) electrons. The zero-order valence-corrected chi connectivity index (χ0v) is 16.0. The van der Waals surface area contributed by atoms with E-state index < -0.39 is 6.04 Å². The van der Waals surface area contributed by atoms with Gasteiger partial charge in [-0.2, -0.15) is 0 Å². The summed E-state index contributed by atoms with van der Waals surface area (Å²) in [6.07, 6.45) is 0. The molecular formula is C21H22N2O2S. The molecule has 0 aromatic heterocycles. The van der Waals surface area contributed by atoms with Gasteiger partial charge in [-0.1, -0.05) is 48.0 Å². The minimum atomic E-state index is -0.483. The highest BCUT2D eigenvalue weighted by atomic mass is 32.2. The number of rotatable bonds is 3. The van der Waals surface area contributed by atoms with Crippen LogP contribution < -0.4 is 5.32 Å². The van der Waals surface area contributed by atoms with E-state index in [-0.39, 0.29) is 21.9 Å². The van der Waals surface area contributed by atoms with E-state index in [2.05, 4.69) is 5.32 Å². The molecule has 4 nitrogen and oxygen atoms in total. The van der Waals surface area contributed by atoms with Gasteiger partial charge in [0.1, 0.15) is 11.4 Å². The number of hydrogen-bond donors (Lipinski definition) is 1. The zero-order chi connectivity index (χ0) is 18.5. The summed E-state index contributed by atoms with van der Waals surface area (Å²) in [5.41, 5.74) is 3.98. The Hall–Kier alpha value is -2.27. The van der Waals surface area contributed by atoms with E-state index in [0.29, 0.717) is 6.54 Å². The van der Waals surface area contributed by atoms with Crippen molar-refractivity contribution in [2.45, 2.75) is 43.5 Å². The van der Waals surface area contributed by atoms with Crippen LogP contribution >= 0.6 is 11.8 Å². The Bertz CT molecular complexity index is 876. The molecule has 1 saturated heterocycles. The molecule has 5 heteroatoms. The van der Waals surface area contributed by atoms with Gasteiger partial charge in [-0.05, 0) is 38.0 Å². The molecule has 0 bridgehead atoms. The fraction of sp³-hybridized carbons (Fsp3) is 0.333. The summed E-state index contributed by atoms with van der Waals surface area (Å²) in [4.78, 5) is 27.7. The summed E-state index contributed by atoms with van der Waals surface area (Å²) < 4.78 is -0.342. The van der Waals surface area contributed by atoms with Crippen LogP contribution in [0.5, 0.6) is 0 Å². The maximum Gasteiger partial charge on any atom is 0.256 e. The summed E-state index contributed by atoms with van der Waals surface area (Å²) in [7, 11) is 0. The van der Waals surface area contributed by atoms with Crippen LogP contribution in [-0.2, 0) is 11.3 Å². The Morgan fingerprint density at radius 3 is 2.58 bits per heavy atom. The van der Waals surface area contributed by atoms with Gasteiger partial charge < -0.3 is 10.2 Å². The molecular weight excluding hydrogens is 344 g/mol. The van der Waals surface area contributed by atoms with E-state index in [9.17, 15) is 9.59 Å². The Balaban J connectivity index is 1.56. The van der Waals surface area contributed by atoms with Gasteiger partial charge in [-0.15, -0.1) is 11.8 Å². The molecule has 2 aliphatic heterocycles. The molecule has 2 aliphatic rings. The third-order valence-corrected chi connectivity index (χ3v) is 6.67. The number of nitrogens with zero attached hydrogens (tertiary/aromatic N) is 1. The molecule has 26 heavy (non-hydrogen) atoms. The molecule has 0 aliphatic carbocycles. The third-order valence-electron chi connectivity index (χ3n) is 5.13. The predicted molar refractivity (Wildman–Crippen MR) is 104 cm³/mol. The van der Waals surface area contributed by atoms with Crippen molar-refractivity contribution >= 4 is 23.6 Å². The average molecular weight is 366 g/mol. The maximum absolute atomic E-state index is 13.0. The minimum absolute atomic E-state index is 0.0424. The fourth-order valence-corrected chi connectivity index (χ4v) is 5.38. The van der Waals surface area contributed by atoms with E-state index in [0.717, 1.165) is 16.7 Å². The number of carbonyl (C=O) groups is 2. The number of aryl methyl sites for hydroxylation is 1. The van der Waals surface area contributed by atoms with Gasteiger partial charge in [0.25, 0.3) is 5.91 Å². The van der Waals surface area contributed by atoms with Crippen molar-refractivity contribution in [1.29, 1.82) is 0 Å². The van der Waals surface area contributed by atoms with Crippen LogP contribution in [0.4, 0.5) is 0 Å². The van der Waals surface area contributed by atoms with E-state index in [1.54, 1.807) is 16.7 Å². The fourth-order valence-electron chi connectivity index (χ4n) is 3.80. The second-order valence-electron chi connectivity index (χ2n) is 7.48. The number of nitrogens with one attached hydrogen (secondary N) is 1. The summed E-state index contributed by atoms with van der Waals surface area (Å²) in [5.74, 6) is -0.133. The highest BCUT2D eigenvalue weighted by Gasteiger charge is 2.57. The van der Waals surface area contributed by atoms with Gasteiger partial charge >= 0.3 is 0 Å². The van der Waals surface area contributed by atoms with E-state index in [1.807, 2.05) is 69.3 Å². The average Bonchev–Trinajstić information content (AvgIpc) is 3.04. The standard InChI is InChI=1S/C21H22N2O2S/c1-13-8-10-14(11-9-13)12-22-18(24)17-21(2,3)26-20-16-7-5-4-6-15(16)19(25)23(17)20/h4-11,17,20H,12H2,1-3H3,(H,22,24). The SMILES string of the molecule is Cc1ccc(CNC(=O)C2N3C(=O)c4ccccc4C3SC2(C)C)cc1. The van der Waals surface area contributed by atoms with Gasteiger partial charge in [-0.3, -0.25) is 9.59 Å². The third kappa shape index (κ3) is 2.71. The first kappa shape index (κ1) is 17.2. The highest BCUT2D eigenvalue weighted by molar-refractivity contribution is 8.01. The van der Waals surface area contributed by atoms with Gasteiger partial charge in [0.15, 0.2) is 0 Å². The van der Waals surface area contributed by atoms with E-state index >= 15 is 0 Å². The largest absolute Gasteiger partial charge is 0.350 e. The normalized spacial score (nSPS) is 22.9. The van der Waals surface area contributed by atoms with Crippen LogP contribution in [-0.4, -0.2) is 27.5 Å². The van der Waals surface area contributed by atoms with E-state index in [1.165, 1.54) is 5.56 Å². The number of carbonyl (C=O) groups excluding carboxylic acids is 2. The lowest BCUT2D eigenvalue weighted by Gasteiger charge is -2.29. The number of fused-ring (bicyclic) bond motifs is 3. The summed E-state index contributed by atoms with van der Waals surface area (Å²) in [6.45, 7) is 6.59. The van der Waals surface area contributed by atoms with Gasteiger partial charge in [0, 0.05) is 16.9 Å². The summed E-state index contributed by atoms with van der Waals surface area (Å²) >= 11 is 1.69. The highest BCUT2D eigenvalue weighted by Crippen LogP contribution is 2.56. The van der Waals surface area contributed by atoms with Crippen molar-refractivity contribution in [3.63, 3.8) is 0 Å². The van der Waals surface area contributed by atoms with Crippen molar-refractivity contribution in [2.24, 2.45) is 0 Å². The summed E-state index contributed by atoms with van der Waals surface area (Å²) in [5, 5.41) is 2.95. The van der Waals surface area contributed by atoms with Crippen molar-refractivity contribution in [3.8, 4) is 0 Å². The summed E-state index contributed by atoms with van der Waals surface area (Å²) in [6, 6.07) is 15.3. The first-order chi connectivity index (χ1) is 12.4. The Morgan fingerprint density at radius 2 is 1.85 bits per heavy atom. The molecule has 2 amide bonds. The Morgan fingerprint density at radius 1 is 1.15 bits per heavy atom. The van der Waals surface area contributed by atoms with Crippen LogP contribution in [0.1, 0.15) is 46.3 Å². The van der Waals surface area contributed by atoms with Crippen LogP contribution in [0, 0.1) is 6.92 Å². The molecule has 2 unspecified atom stereocenters. The number of amides is 2. The van der Waals surface area contributed by atoms with Crippen LogP contribution in [0.2, 0.25) is 0 Å². The van der Waals surface area contributed by atoms with Gasteiger partial charge in [0.2, 0.25) is 5.91 Å². The molecule has 1 N–H and O–H groups in total. The van der Waals surface area contributed by atoms with Gasteiger partial charge in [-0.25, -0.2) is 0 Å². The second kappa shape index (κ2) is 6.16. The van der Waals surface area contributed by atoms with Gasteiger partial charge in [0.05, 0.1) is 0 Å². The molecule has 2 atom stereocenters. The van der Waals surface area contributed by atoms with Crippen molar-refractivity contribution in [2.75, 3.05) is 0 Å².